The summed E-state index contributed by atoms with van der Waals surface area (Å²) in [5, 5.41) is 0. The van der Waals surface area contributed by atoms with Gasteiger partial charge < -0.3 is 9.64 Å². The molecule has 1 aliphatic rings. The normalized spacial score (nSPS) is 16.1. The van der Waals surface area contributed by atoms with Gasteiger partial charge in [-0.3, -0.25) is 0 Å². The van der Waals surface area contributed by atoms with Crippen LogP contribution in [0.4, 0.5) is 5.95 Å². The van der Waals surface area contributed by atoms with E-state index >= 15 is 0 Å². The van der Waals surface area contributed by atoms with Crippen molar-refractivity contribution >= 4 is 16.0 Å². The van der Waals surface area contributed by atoms with Crippen LogP contribution in [-0.2, 0) is 15.8 Å². The molecule has 7 nitrogen and oxygen atoms in total. The van der Waals surface area contributed by atoms with Crippen LogP contribution in [0.3, 0.4) is 0 Å². The first kappa shape index (κ1) is 16.7. The Bertz CT molecular complexity index is 775. The van der Waals surface area contributed by atoms with Crippen molar-refractivity contribution in [1.82, 2.24) is 14.3 Å². The standard InChI is InChI=1S/C16H20N4O3S/c1-23-15-7-8-17-16(18-15)19-9-11-20(12-10-19)24(21,22)13-14-5-3-2-4-6-14/h2-8H,9-13H2,1H3. The highest BCUT2D eigenvalue weighted by Gasteiger charge is 2.28. The average molecular weight is 348 g/mol. The third kappa shape index (κ3) is 3.82. The minimum absolute atomic E-state index is 0.0312. The number of methoxy groups -OCH3 is 1. The lowest BCUT2D eigenvalue weighted by molar-refractivity contribution is 0.377. The predicted octanol–water partition coefficient (Wildman–Crippen LogP) is 1.14. The summed E-state index contributed by atoms with van der Waals surface area (Å²) in [6.45, 7) is 1.97. The summed E-state index contributed by atoms with van der Waals surface area (Å²) < 4.78 is 31.8. The van der Waals surface area contributed by atoms with E-state index in [1.165, 1.54) is 4.31 Å². The predicted molar refractivity (Wildman–Crippen MR) is 91.4 cm³/mol. The van der Waals surface area contributed by atoms with Gasteiger partial charge in [0.2, 0.25) is 21.9 Å². The number of hydrogen-bond donors (Lipinski definition) is 0. The molecule has 0 spiro atoms. The summed E-state index contributed by atoms with van der Waals surface area (Å²) in [6.07, 6.45) is 1.64. The van der Waals surface area contributed by atoms with E-state index in [1.807, 2.05) is 35.2 Å². The summed E-state index contributed by atoms with van der Waals surface area (Å²) in [7, 11) is -1.76. The maximum absolute atomic E-state index is 12.6. The SMILES string of the molecule is COc1ccnc(N2CCN(S(=O)(=O)Cc3ccccc3)CC2)n1. The van der Waals surface area contributed by atoms with Gasteiger partial charge in [-0.15, -0.1) is 0 Å². The number of benzene rings is 1. The van der Waals surface area contributed by atoms with Gasteiger partial charge in [-0.2, -0.15) is 9.29 Å². The highest BCUT2D eigenvalue weighted by Crippen LogP contribution is 2.17. The van der Waals surface area contributed by atoms with Crippen molar-refractivity contribution in [3.63, 3.8) is 0 Å². The molecule has 1 aromatic carbocycles. The van der Waals surface area contributed by atoms with Crippen LogP contribution >= 0.6 is 0 Å². The van der Waals surface area contributed by atoms with E-state index in [4.69, 9.17) is 4.74 Å². The fourth-order valence-electron chi connectivity index (χ4n) is 2.64. The van der Waals surface area contributed by atoms with E-state index in [0.717, 1.165) is 5.56 Å². The Kier molecular flexibility index (Phi) is 4.96. The number of nitrogens with zero attached hydrogens (tertiary/aromatic N) is 4. The minimum Gasteiger partial charge on any atom is -0.481 e. The van der Waals surface area contributed by atoms with E-state index in [1.54, 1.807) is 19.4 Å². The molecule has 1 aromatic heterocycles. The van der Waals surface area contributed by atoms with Gasteiger partial charge in [-0.25, -0.2) is 13.4 Å². The molecule has 0 unspecified atom stereocenters. The van der Waals surface area contributed by atoms with Crippen LogP contribution in [-0.4, -0.2) is 56.0 Å². The van der Waals surface area contributed by atoms with E-state index in [9.17, 15) is 8.42 Å². The summed E-state index contributed by atoms with van der Waals surface area (Å²) in [4.78, 5) is 10.5. The Morgan fingerprint density at radius 3 is 2.46 bits per heavy atom. The average Bonchev–Trinajstić information content (AvgIpc) is 2.62. The molecule has 2 heterocycles. The van der Waals surface area contributed by atoms with Crippen molar-refractivity contribution in [1.29, 1.82) is 0 Å². The van der Waals surface area contributed by atoms with Crippen LogP contribution in [0, 0.1) is 0 Å². The number of piperazine rings is 1. The molecule has 1 saturated heterocycles. The Hall–Kier alpha value is -2.19. The van der Waals surface area contributed by atoms with Crippen molar-refractivity contribution in [2.24, 2.45) is 0 Å². The van der Waals surface area contributed by atoms with Gasteiger partial charge >= 0.3 is 0 Å². The van der Waals surface area contributed by atoms with Crippen LogP contribution in [0.15, 0.2) is 42.6 Å². The van der Waals surface area contributed by atoms with Gasteiger partial charge in [0.05, 0.1) is 12.9 Å². The monoisotopic (exact) mass is 348 g/mol. The lowest BCUT2D eigenvalue weighted by Gasteiger charge is -2.34. The van der Waals surface area contributed by atoms with Crippen LogP contribution in [0.2, 0.25) is 0 Å². The Morgan fingerprint density at radius 2 is 1.79 bits per heavy atom. The van der Waals surface area contributed by atoms with E-state index in [-0.39, 0.29) is 5.75 Å². The largest absolute Gasteiger partial charge is 0.481 e. The van der Waals surface area contributed by atoms with Gasteiger partial charge in [0.15, 0.2) is 0 Å². The second-order valence-electron chi connectivity index (χ2n) is 5.53. The topological polar surface area (TPSA) is 75.6 Å². The summed E-state index contributed by atoms with van der Waals surface area (Å²) in [5.41, 5.74) is 0.802. The van der Waals surface area contributed by atoms with Gasteiger partial charge in [0.25, 0.3) is 0 Å². The quantitative estimate of drug-likeness (QED) is 0.806. The molecule has 0 radical (unpaired) electrons. The van der Waals surface area contributed by atoms with Crippen molar-refractivity contribution in [3.8, 4) is 5.88 Å². The maximum atomic E-state index is 12.6. The Morgan fingerprint density at radius 1 is 1.08 bits per heavy atom. The van der Waals surface area contributed by atoms with Crippen LogP contribution in [0.1, 0.15) is 5.56 Å². The Labute approximate surface area is 142 Å². The first-order chi connectivity index (χ1) is 11.6. The molecule has 2 aromatic rings. The zero-order chi connectivity index (χ0) is 17.0. The molecule has 0 bridgehead atoms. The molecule has 24 heavy (non-hydrogen) atoms. The van der Waals surface area contributed by atoms with Crippen molar-refractivity contribution < 1.29 is 13.2 Å². The molecule has 128 valence electrons. The number of aromatic nitrogens is 2. The fraction of sp³-hybridized carbons (Fsp3) is 0.375. The van der Waals surface area contributed by atoms with E-state index in [0.29, 0.717) is 38.0 Å². The van der Waals surface area contributed by atoms with E-state index in [2.05, 4.69) is 9.97 Å². The smallest absolute Gasteiger partial charge is 0.228 e. The molecule has 0 aliphatic carbocycles. The Balaban J connectivity index is 1.64. The van der Waals surface area contributed by atoms with Crippen LogP contribution in [0.25, 0.3) is 0 Å². The summed E-state index contributed by atoms with van der Waals surface area (Å²) in [5.74, 6) is 1.09. The lowest BCUT2D eigenvalue weighted by Crippen LogP contribution is -2.49. The highest BCUT2D eigenvalue weighted by molar-refractivity contribution is 7.88. The highest BCUT2D eigenvalue weighted by atomic mass is 32.2. The van der Waals surface area contributed by atoms with Gasteiger partial charge in [-0.05, 0) is 5.56 Å². The van der Waals surface area contributed by atoms with Gasteiger partial charge in [0.1, 0.15) is 0 Å². The van der Waals surface area contributed by atoms with Crippen molar-refractivity contribution in [2.75, 3.05) is 38.2 Å². The van der Waals surface area contributed by atoms with E-state index < -0.39 is 10.0 Å². The molecule has 0 atom stereocenters. The molecule has 0 saturated carbocycles. The zero-order valence-corrected chi connectivity index (χ0v) is 14.3. The third-order valence-electron chi connectivity index (χ3n) is 3.93. The molecule has 0 N–H and O–H groups in total. The molecule has 0 amide bonds. The summed E-state index contributed by atoms with van der Waals surface area (Å²) >= 11 is 0. The van der Waals surface area contributed by atoms with Crippen molar-refractivity contribution in [3.05, 3.63) is 48.2 Å². The van der Waals surface area contributed by atoms with Gasteiger partial charge in [0, 0.05) is 38.4 Å². The first-order valence-corrected chi connectivity index (χ1v) is 9.33. The van der Waals surface area contributed by atoms with Crippen LogP contribution in [0.5, 0.6) is 5.88 Å². The molecule has 3 rings (SSSR count). The van der Waals surface area contributed by atoms with Crippen molar-refractivity contribution in [2.45, 2.75) is 5.75 Å². The fourth-order valence-corrected chi connectivity index (χ4v) is 4.16. The first-order valence-electron chi connectivity index (χ1n) is 7.72. The molecule has 8 heteroatoms. The molecular formula is C16H20N4O3S. The molecular weight excluding hydrogens is 328 g/mol. The number of sulfonamides is 1. The summed E-state index contributed by atoms with van der Waals surface area (Å²) in [6, 6.07) is 10.9. The second-order valence-corrected chi connectivity index (χ2v) is 7.50. The second kappa shape index (κ2) is 7.14. The van der Waals surface area contributed by atoms with Gasteiger partial charge in [-0.1, -0.05) is 30.3 Å². The molecule has 1 fully saturated rings. The molecule has 1 aliphatic heterocycles. The third-order valence-corrected chi connectivity index (χ3v) is 5.78. The zero-order valence-electron chi connectivity index (χ0n) is 13.5. The number of hydrogen-bond acceptors (Lipinski definition) is 6. The minimum atomic E-state index is -3.31. The number of anilines is 1. The lowest BCUT2D eigenvalue weighted by atomic mass is 10.2. The number of rotatable bonds is 5. The number of ether oxygens (including phenoxy) is 1. The van der Waals surface area contributed by atoms with Crippen LogP contribution < -0.4 is 9.64 Å². The maximum Gasteiger partial charge on any atom is 0.228 e.